The Labute approximate surface area is 125 Å². The third-order valence-corrected chi connectivity index (χ3v) is 2.51. The van der Waals surface area contributed by atoms with Gasteiger partial charge in [-0.2, -0.15) is 5.10 Å². The molecule has 112 valence electrons. The smallest absolute Gasteiger partial charge is 0.310 e. The minimum absolute atomic E-state index is 0.0267. The normalized spacial score (nSPS) is 10.4. The largest absolute Gasteiger partial charge is 0.477 e. The van der Waals surface area contributed by atoms with Crippen molar-refractivity contribution in [3.05, 3.63) is 64.5 Å². The van der Waals surface area contributed by atoms with Gasteiger partial charge in [0.05, 0.1) is 11.1 Å². The van der Waals surface area contributed by atoms with Crippen LogP contribution < -0.4 is 10.2 Å². The number of aromatic nitrogens is 1. The molecule has 1 N–H and O–H groups in total. The molecule has 0 radical (unpaired) electrons. The maximum atomic E-state index is 11.6. The number of carbonyl (C=O) groups excluding carboxylic acids is 1. The highest BCUT2D eigenvalue weighted by molar-refractivity contribution is 5.82. The lowest BCUT2D eigenvalue weighted by atomic mass is 10.3. The predicted octanol–water partition coefficient (Wildman–Crippen LogP) is 1.52. The fourth-order valence-electron chi connectivity index (χ4n) is 1.54. The first kappa shape index (κ1) is 15.1. The van der Waals surface area contributed by atoms with Gasteiger partial charge in [0.15, 0.2) is 12.4 Å². The van der Waals surface area contributed by atoms with Crippen LogP contribution in [0.1, 0.15) is 5.56 Å². The van der Waals surface area contributed by atoms with Gasteiger partial charge >= 0.3 is 5.69 Å². The summed E-state index contributed by atoms with van der Waals surface area (Å²) in [6.07, 6.45) is 4.63. The number of carbonyl (C=O) groups is 1. The first-order valence-electron chi connectivity index (χ1n) is 6.25. The van der Waals surface area contributed by atoms with Crippen molar-refractivity contribution in [2.75, 3.05) is 6.61 Å². The molecule has 0 spiro atoms. The molecule has 1 aromatic heterocycles. The van der Waals surface area contributed by atoms with E-state index < -0.39 is 10.8 Å². The summed E-state index contributed by atoms with van der Waals surface area (Å²) in [7, 11) is 0. The van der Waals surface area contributed by atoms with E-state index in [0.29, 0.717) is 0 Å². The molecule has 2 rings (SSSR count). The van der Waals surface area contributed by atoms with E-state index in [9.17, 15) is 14.9 Å². The molecule has 8 heteroatoms. The Balaban J connectivity index is 1.86. The van der Waals surface area contributed by atoms with Gasteiger partial charge in [-0.1, -0.05) is 18.2 Å². The number of hydrogen-bond donors (Lipinski definition) is 1. The maximum Gasteiger partial charge on any atom is 0.310 e. The van der Waals surface area contributed by atoms with Crippen molar-refractivity contribution in [2.24, 2.45) is 5.10 Å². The number of hydrazone groups is 1. The summed E-state index contributed by atoms with van der Waals surface area (Å²) in [5.74, 6) is -0.503. The molecule has 1 amide bonds. The SMILES string of the molecule is O=C(COc1ccccc1[N+](=O)[O-])NN=Cc1cccnc1. The molecule has 0 atom stereocenters. The van der Waals surface area contributed by atoms with Gasteiger partial charge in [-0.15, -0.1) is 0 Å². The summed E-state index contributed by atoms with van der Waals surface area (Å²) in [4.78, 5) is 25.7. The Morgan fingerprint density at radius 3 is 2.91 bits per heavy atom. The van der Waals surface area contributed by atoms with Gasteiger partial charge in [-0.05, 0) is 12.1 Å². The molecule has 1 heterocycles. The quantitative estimate of drug-likeness (QED) is 0.494. The number of pyridine rings is 1. The summed E-state index contributed by atoms with van der Waals surface area (Å²) in [6, 6.07) is 9.33. The second-order valence-corrected chi connectivity index (χ2v) is 4.09. The van der Waals surface area contributed by atoms with Gasteiger partial charge in [0.1, 0.15) is 0 Å². The summed E-state index contributed by atoms with van der Waals surface area (Å²) in [6.45, 7) is -0.380. The van der Waals surface area contributed by atoms with Crippen LogP contribution in [-0.4, -0.2) is 28.6 Å². The van der Waals surface area contributed by atoms with Crippen molar-refractivity contribution in [1.82, 2.24) is 10.4 Å². The monoisotopic (exact) mass is 300 g/mol. The fourth-order valence-corrected chi connectivity index (χ4v) is 1.54. The Kier molecular flexibility index (Phi) is 5.14. The molecule has 0 saturated heterocycles. The van der Waals surface area contributed by atoms with E-state index in [4.69, 9.17) is 4.74 Å². The van der Waals surface area contributed by atoms with Crippen LogP contribution in [0.3, 0.4) is 0 Å². The lowest BCUT2D eigenvalue weighted by Gasteiger charge is -2.05. The van der Waals surface area contributed by atoms with E-state index in [-0.39, 0.29) is 18.0 Å². The highest BCUT2D eigenvalue weighted by Gasteiger charge is 2.14. The van der Waals surface area contributed by atoms with E-state index in [0.717, 1.165) is 5.56 Å². The standard InChI is InChI=1S/C14H12N4O4/c19-14(17-16-9-11-4-3-7-15-8-11)10-22-13-6-2-1-5-12(13)18(20)21/h1-9H,10H2,(H,17,19). The van der Waals surface area contributed by atoms with Crippen molar-refractivity contribution in [2.45, 2.75) is 0 Å². The number of rotatable bonds is 6. The third kappa shape index (κ3) is 4.37. The van der Waals surface area contributed by atoms with Crippen LogP contribution in [0.5, 0.6) is 5.75 Å². The molecular weight excluding hydrogens is 288 g/mol. The van der Waals surface area contributed by atoms with Gasteiger partial charge < -0.3 is 4.74 Å². The highest BCUT2D eigenvalue weighted by Crippen LogP contribution is 2.25. The van der Waals surface area contributed by atoms with Gasteiger partial charge in [-0.25, -0.2) is 5.43 Å². The van der Waals surface area contributed by atoms with Crippen LogP contribution in [0.4, 0.5) is 5.69 Å². The Hall–Kier alpha value is -3.29. The second-order valence-electron chi connectivity index (χ2n) is 4.09. The van der Waals surface area contributed by atoms with Crippen LogP contribution in [0.15, 0.2) is 53.9 Å². The third-order valence-electron chi connectivity index (χ3n) is 2.51. The van der Waals surface area contributed by atoms with Crippen molar-refractivity contribution in [3.8, 4) is 5.75 Å². The minimum Gasteiger partial charge on any atom is -0.477 e. The lowest BCUT2D eigenvalue weighted by Crippen LogP contribution is -2.24. The summed E-state index contributed by atoms with van der Waals surface area (Å²) >= 11 is 0. The van der Waals surface area contributed by atoms with Crippen LogP contribution in [0.2, 0.25) is 0 Å². The van der Waals surface area contributed by atoms with E-state index >= 15 is 0 Å². The molecule has 2 aromatic rings. The first-order valence-corrected chi connectivity index (χ1v) is 6.25. The minimum atomic E-state index is -0.576. The number of ether oxygens (including phenoxy) is 1. The zero-order valence-corrected chi connectivity index (χ0v) is 11.4. The molecule has 0 unspecified atom stereocenters. The summed E-state index contributed by atoms with van der Waals surface area (Å²) < 4.78 is 5.12. The predicted molar refractivity (Wildman–Crippen MR) is 78.6 cm³/mol. The average molecular weight is 300 g/mol. The zero-order chi connectivity index (χ0) is 15.8. The number of nitrogens with zero attached hydrogens (tertiary/aromatic N) is 3. The van der Waals surface area contributed by atoms with E-state index in [1.807, 2.05) is 0 Å². The van der Waals surface area contributed by atoms with Crippen molar-refractivity contribution < 1.29 is 14.5 Å². The number of nitro benzene ring substituents is 1. The van der Waals surface area contributed by atoms with E-state index in [1.165, 1.54) is 24.4 Å². The number of nitrogens with one attached hydrogen (secondary N) is 1. The molecular formula is C14H12N4O4. The molecule has 0 aliphatic heterocycles. The van der Waals surface area contributed by atoms with Crippen LogP contribution in [0, 0.1) is 10.1 Å². The number of nitro groups is 1. The summed E-state index contributed by atoms with van der Waals surface area (Å²) in [5.41, 5.74) is 2.78. The Bertz CT molecular complexity index is 688. The van der Waals surface area contributed by atoms with Gasteiger partial charge in [0, 0.05) is 24.0 Å². The Morgan fingerprint density at radius 1 is 1.36 bits per heavy atom. The number of hydrogen-bond acceptors (Lipinski definition) is 6. The van der Waals surface area contributed by atoms with E-state index in [2.05, 4.69) is 15.5 Å². The van der Waals surface area contributed by atoms with E-state index in [1.54, 1.807) is 30.6 Å². The van der Waals surface area contributed by atoms with Crippen molar-refractivity contribution >= 4 is 17.8 Å². The van der Waals surface area contributed by atoms with Crippen LogP contribution in [0.25, 0.3) is 0 Å². The van der Waals surface area contributed by atoms with Crippen LogP contribution in [-0.2, 0) is 4.79 Å². The number of amides is 1. The van der Waals surface area contributed by atoms with Gasteiger partial charge in [-0.3, -0.25) is 19.9 Å². The Morgan fingerprint density at radius 2 is 2.18 bits per heavy atom. The fraction of sp³-hybridized carbons (Fsp3) is 0.0714. The molecule has 0 saturated carbocycles. The maximum absolute atomic E-state index is 11.6. The first-order chi connectivity index (χ1) is 10.7. The lowest BCUT2D eigenvalue weighted by molar-refractivity contribution is -0.385. The van der Waals surface area contributed by atoms with Crippen molar-refractivity contribution in [3.63, 3.8) is 0 Å². The second kappa shape index (κ2) is 7.48. The molecule has 0 aliphatic rings. The molecule has 0 fully saturated rings. The molecule has 1 aromatic carbocycles. The molecule has 0 aliphatic carbocycles. The van der Waals surface area contributed by atoms with Gasteiger partial charge in [0.25, 0.3) is 5.91 Å². The molecule has 22 heavy (non-hydrogen) atoms. The highest BCUT2D eigenvalue weighted by atomic mass is 16.6. The molecule has 8 nitrogen and oxygen atoms in total. The topological polar surface area (TPSA) is 107 Å². The van der Waals surface area contributed by atoms with Crippen LogP contribution >= 0.6 is 0 Å². The number of benzene rings is 1. The van der Waals surface area contributed by atoms with Gasteiger partial charge in [0.2, 0.25) is 0 Å². The van der Waals surface area contributed by atoms with Crippen molar-refractivity contribution in [1.29, 1.82) is 0 Å². The average Bonchev–Trinajstić information content (AvgIpc) is 2.54. The molecule has 0 bridgehead atoms. The summed E-state index contributed by atoms with van der Waals surface area (Å²) in [5, 5.41) is 14.5. The zero-order valence-electron chi connectivity index (χ0n) is 11.4. The number of para-hydroxylation sites is 2.